The molecule has 0 saturated heterocycles. The smallest absolute Gasteiger partial charge is 0.116 e. The van der Waals surface area contributed by atoms with Gasteiger partial charge in [0.15, 0.2) is 0 Å². The predicted octanol–water partition coefficient (Wildman–Crippen LogP) is 12.0. The van der Waals surface area contributed by atoms with E-state index in [0.717, 1.165) is 29.8 Å². The Morgan fingerprint density at radius 1 is 0.720 bits per heavy atom. The number of thiophene rings is 1. The molecule has 3 aromatic heterocycles. The maximum atomic E-state index is 4.90. The van der Waals surface area contributed by atoms with Crippen LogP contribution in [-0.2, 0) is 5.41 Å². The lowest BCUT2D eigenvalue weighted by atomic mass is 9.62. The highest BCUT2D eigenvalue weighted by molar-refractivity contribution is 8.01. The van der Waals surface area contributed by atoms with Gasteiger partial charge in [-0.25, -0.2) is 9.97 Å². The van der Waals surface area contributed by atoms with Crippen molar-refractivity contribution >= 4 is 60.0 Å². The van der Waals surface area contributed by atoms with Crippen molar-refractivity contribution in [1.29, 1.82) is 0 Å². The van der Waals surface area contributed by atoms with Gasteiger partial charge >= 0.3 is 0 Å². The maximum absolute atomic E-state index is 4.90. The summed E-state index contributed by atoms with van der Waals surface area (Å²) < 4.78 is 2.82. The van der Waals surface area contributed by atoms with Crippen LogP contribution in [0.15, 0.2) is 126 Å². The molecule has 5 heteroatoms. The van der Waals surface area contributed by atoms with E-state index in [9.17, 15) is 0 Å². The van der Waals surface area contributed by atoms with E-state index in [1.165, 1.54) is 90.6 Å². The molecule has 0 amide bonds. The molecule has 1 fully saturated rings. The van der Waals surface area contributed by atoms with Crippen LogP contribution in [-0.4, -0.2) is 20.2 Å². The van der Waals surface area contributed by atoms with Gasteiger partial charge < -0.3 is 0 Å². The third kappa shape index (κ3) is 4.14. The number of rotatable bonds is 3. The normalized spacial score (nSPS) is 21.6. The number of pyridine rings is 1. The summed E-state index contributed by atoms with van der Waals surface area (Å²) >= 11 is 3.91. The van der Waals surface area contributed by atoms with Crippen molar-refractivity contribution in [1.82, 2.24) is 15.0 Å². The second-order valence-corrected chi connectivity index (χ2v) is 16.7. The molecule has 1 saturated carbocycles. The van der Waals surface area contributed by atoms with Crippen LogP contribution in [0.4, 0.5) is 0 Å². The molecule has 2 unspecified atom stereocenters. The third-order valence-corrected chi connectivity index (χ3v) is 14.5. The fourth-order valence-electron chi connectivity index (χ4n) is 9.93. The van der Waals surface area contributed by atoms with E-state index in [2.05, 4.69) is 90.0 Å². The maximum Gasteiger partial charge on any atom is 0.116 e. The lowest BCUT2D eigenvalue weighted by molar-refractivity contribution is 0.331. The second-order valence-electron chi connectivity index (χ2n) is 14.5. The van der Waals surface area contributed by atoms with Crippen molar-refractivity contribution in [2.75, 3.05) is 0 Å². The number of hydrogen-bond donors (Lipinski definition) is 0. The van der Waals surface area contributed by atoms with Gasteiger partial charge in [-0.05, 0) is 82.9 Å². The molecule has 50 heavy (non-hydrogen) atoms. The molecule has 0 radical (unpaired) electrons. The van der Waals surface area contributed by atoms with Crippen molar-refractivity contribution in [2.45, 2.75) is 66.4 Å². The van der Waals surface area contributed by atoms with Crippen LogP contribution in [0.2, 0.25) is 0 Å². The highest BCUT2D eigenvalue weighted by Gasteiger charge is 2.48. The Morgan fingerprint density at radius 3 is 2.48 bits per heavy atom. The van der Waals surface area contributed by atoms with Crippen molar-refractivity contribution in [3.63, 3.8) is 0 Å². The first-order valence-corrected chi connectivity index (χ1v) is 19.8. The fraction of sp³-hybridized carbons (Fsp3) is 0.222. The molecule has 3 aromatic carbocycles. The van der Waals surface area contributed by atoms with Gasteiger partial charge in [0.05, 0.1) is 16.3 Å². The number of nitrogens with zero attached hydrogens (tertiary/aromatic N) is 3. The number of allylic oxidation sites excluding steroid dienone is 7. The number of aromatic nitrogens is 3. The van der Waals surface area contributed by atoms with Crippen molar-refractivity contribution in [3.8, 4) is 11.3 Å². The summed E-state index contributed by atoms with van der Waals surface area (Å²) in [5, 5.41) is 3.10. The lowest BCUT2D eigenvalue weighted by Gasteiger charge is -2.41. The van der Waals surface area contributed by atoms with Crippen LogP contribution in [0.3, 0.4) is 0 Å². The second kappa shape index (κ2) is 11.2. The van der Waals surface area contributed by atoms with Crippen LogP contribution >= 0.6 is 23.1 Å². The largest absolute Gasteiger partial charge is 0.265 e. The minimum atomic E-state index is 0.180. The zero-order chi connectivity index (χ0) is 32.8. The van der Waals surface area contributed by atoms with E-state index >= 15 is 0 Å². The third-order valence-electron chi connectivity index (χ3n) is 12.0. The Morgan fingerprint density at radius 2 is 1.56 bits per heavy atom. The average molecular weight is 682 g/mol. The Labute approximate surface area is 300 Å². The van der Waals surface area contributed by atoms with Crippen LogP contribution in [0.25, 0.3) is 48.1 Å². The number of fused-ring (bicyclic) bond motifs is 10. The Hall–Kier alpha value is -4.58. The highest BCUT2D eigenvalue weighted by atomic mass is 32.2. The van der Waals surface area contributed by atoms with E-state index in [4.69, 9.17) is 9.97 Å². The molecular formula is C45H35N3S2. The Balaban J connectivity index is 1.04. The fourth-order valence-corrected chi connectivity index (χ4v) is 12.6. The van der Waals surface area contributed by atoms with Gasteiger partial charge in [-0.2, -0.15) is 0 Å². The minimum Gasteiger partial charge on any atom is -0.265 e. The summed E-state index contributed by atoms with van der Waals surface area (Å²) in [5.74, 6) is 0.407. The van der Waals surface area contributed by atoms with Crippen molar-refractivity contribution in [3.05, 3.63) is 149 Å². The Kier molecular flexibility index (Phi) is 6.54. The quantitative estimate of drug-likeness (QED) is 0.186. The molecule has 5 aliphatic rings. The number of thioether (sulfide) groups is 1. The first-order valence-electron chi connectivity index (χ1n) is 18.1. The average Bonchev–Trinajstić information content (AvgIpc) is 3.84. The van der Waals surface area contributed by atoms with Crippen molar-refractivity contribution in [2.24, 2.45) is 0 Å². The van der Waals surface area contributed by atoms with Gasteiger partial charge in [0.1, 0.15) is 6.33 Å². The summed E-state index contributed by atoms with van der Waals surface area (Å²) in [6.07, 6.45) is 23.7. The van der Waals surface area contributed by atoms with Crippen LogP contribution < -0.4 is 0 Å². The summed E-state index contributed by atoms with van der Waals surface area (Å²) in [6.45, 7) is 0. The van der Waals surface area contributed by atoms with E-state index in [0.29, 0.717) is 11.2 Å². The molecule has 0 N–H and O–H groups in total. The highest BCUT2D eigenvalue weighted by Crippen LogP contribution is 2.61. The monoisotopic (exact) mass is 681 g/mol. The van der Waals surface area contributed by atoms with Gasteiger partial charge in [-0.1, -0.05) is 98.2 Å². The summed E-state index contributed by atoms with van der Waals surface area (Å²) in [4.78, 5) is 15.1. The molecule has 1 aliphatic heterocycles. The van der Waals surface area contributed by atoms with Gasteiger partial charge in [0.2, 0.25) is 0 Å². The number of benzene rings is 3. The zero-order valence-electron chi connectivity index (χ0n) is 27.7. The summed E-state index contributed by atoms with van der Waals surface area (Å²) in [7, 11) is 0. The molecule has 6 aromatic rings. The van der Waals surface area contributed by atoms with E-state index in [-0.39, 0.29) is 5.41 Å². The van der Waals surface area contributed by atoms with Crippen LogP contribution in [0.5, 0.6) is 0 Å². The first-order chi connectivity index (χ1) is 24.8. The molecule has 0 bridgehead atoms. The van der Waals surface area contributed by atoms with Crippen LogP contribution in [0.1, 0.15) is 78.8 Å². The SMILES string of the molecule is C1=CC(c2ccc3c(c2)sc2c(C4CC=CC5=C4C4(CCCCC4)c4ccccc45)cccc23)=C2c3ncnc(-c4ccncc4)c3SC2C1. The van der Waals surface area contributed by atoms with Crippen LogP contribution in [0, 0.1) is 0 Å². The van der Waals surface area contributed by atoms with Gasteiger partial charge in [-0.3, -0.25) is 4.98 Å². The van der Waals surface area contributed by atoms with Gasteiger partial charge in [0, 0.05) is 60.3 Å². The van der Waals surface area contributed by atoms with Crippen molar-refractivity contribution < 1.29 is 0 Å². The van der Waals surface area contributed by atoms with Gasteiger partial charge in [0.25, 0.3) is 0 Å². The molecule has 2 atom stereocenters. The predicted molar refractivity (Wildman–Crippen MR) is 209 cm³/mol. The topological polar surface area (TPSA) is 38.7 Å². The van der Waals surface area contributed by atoms with E-state index < -0.39 is 0 Å². The van der Waals surface area contributed by atoms with E-state index in [1.807, 2.05) is 47.6 Å². The first kappa shape index (κ1) is 29.2. The van der Waals surface area contributed by atoms with Gasteiger partial charge in [-0.15, -0.1) is 23.1 Å². The standard InChI is InChI=1S/C45H35N3S2/c1-4-21-45(22-5-1)36-15-3-2-9-30(36)32-11-6-12-33(40(32)45)35-14-7-13-34-31-18-17-28(25-38(31)50-43(34)35)29-10-8-16-37-39(29)42-44(49-37)41(47-26-48-42)27-19-23-46-24-20-27/h2-3,6-11,13-15,17-20,23-26,33,37H,1,4-5,12,16,21-22H2. The Bertz CT molecular complexity index is 2510. The molecule has 1 spiro atoms. The lowest BCUT2D eigenvalue weighted by Crippen LogP contribution is -2.32. The van der Waals surface area contributed by atoms with E-state index in [1.54, 1.807) is 17.5 Å². The zero-order valence-corrected chi connectivity index (χ0v) is 29.4. The molecule has 4 heterocycles. The summed E-state index contributed by atoms with van der Waals surface area (Å²) in [6, 6.07) is 27.7. The minimum absolute atomic E-state index is 0.180. The summed E-state index contributed by atoms with van der Waals surface area (Å²) in [5.41, 5.74) is 15.1. The molecule has 4 aliphatic carbocycles. The number of hydrogen-bond acceptors (Lipinski definition) is 5. The molecule has 242 valence electrons. The molecule has 3 nitrogen and oxygen atoms in total. The molecular weight excluding hydrogens is 647 g/mol. The molecule has 11 rings (SSSR count).